The maximum Gasteiger partial charge on any atom is 0.295 e. The number of rotatable bonds is 5. The molecule has 25 heavy (non-hydrogen) atoms. The van der Waals surface area contributed by atoms with Crippen molar-refractivity contribution in [2.24, 2.45) is 0 Å². The molecule has 7 heteroatoms. The molecule has 0 radical (unpaired) electrons. The number of likely N-dealkylation sites (N-methyl/N-ethyl adjacent to an activating group) is 1. The first-order valence-corrected chi connectivity index (χ1v) is 7.87. The summed E-state index contributed by atoms with van der Waals surface area (Å²) in [5, 5.41) is 10.7. The number of amides is 1. The van der Waals surface area contributed by atoms with E-state index in [-0.39, 0.29) is 11.3 Å². The Morgan fingerprint density at radius 3 is 2.60 bits per heavy atom. The van der Waals surface area contributed by atoms with Crippen LogP contribution in [-0.4, -0.2) is 58.8 Å². The number of carbonyl (C=O) groups is 2. The Morgan fingerprint density at radius 2 is 2.00 bits per heavy atom. The van der Waals surface area contributed by atoms with Crippen LogP contribution in [0.4, 0.5) is 0 Å². The first kappa shape index (κ1) is 16.9. The molecule has 0 spiro atoms. The van der Waals surface area contributed by atoms with Gasteiger partial charge in [-0.15, -0.1) is 0 Å². The molecular formula is C18H19N3O4. The molecule has 7 nitrogen and oxygen atoms in total. The average molecular weight is 341 g/mol. The lowest BCUT2D eigenvalue weighted by atomic mass is 10.00. The fourth-order valence-corrected chi connectivity index (χ4v) is 2.83. The molecule has 1 amide bonds. The molecule has 1 unspecified atom stereocenters. The van der Waals surface area contributed by atoms with Crippen molar-refractivity contribution in [3.05, 3.63) is 59.8 Å². The van der Waals surface area contributed by atoms with Gasteiger partial charge in [0.1, 0.15) is 17.6 Å². The summed E-state index contributed by atoms with van der Waals surface area (Å²) < 4.78 is 5.45. The molecule has 2 aromatic rings. The quantitative estimate of drug-likeness (QED) is 0.506. The molecule has 3 rings (SSSR count). The minimum Gasteiger partial charge on any atom is -0.507 e. The van der Waals surface area contributed by atoms with E-state index in [0.717, 1.165) is 0 Å². The number of hydrogen-bond acceptors (Lipinski definition) is 6. The van der Waals surface area contributed by atoms with Crippen LogP contribution in [0, 0.1) is 0 Å². The van der Waals surface area contributed by atoms with E-state index in [1.54, 1.807) is 24.3 Å². The Hall–Kier alpha value is -2.93. The van der Waals surface area contributed by atoms with Gasteiger partial charge in [-0.2, -0.15) is 0 Å². The van der Waals surface area contributed by atoms with E-state index in [4.69, 9.17) is 4.42 Å². The van der Waals surface area contributed by atoms with E-state index < -0.39 is 17.7 Å². The van der Waals surface area contributed by atoms with Gasteiger partial charge >= 0.3 is 0 Å². The highest BCUT2D eigenvalue weighted by atomic mass is 16.3. The van der Waals surface area contributed by atoms with Crippen LogP contribution in [0.15, 0.2) is 52.9 Å². The maximum atomic E-state index is 12.6. The molecule has 1 atom stereocenters. The minimum absolute atomic E-state index is 0.0323. The molecule has 130 valence electrons. The Bertz CT molecular complexity index is 797. The first-order chi connectivity index (χ1) is 12.0. The van der Waals surface area contributed by atoms with Gasteiger partial charge in [0.2, 0.25) is 0 Å². The third-order valence-electron chi connectivity index (χ3n) is 4.09. The van der Waals surface area contributed by atoms with Crippen LogP contribution in [0.1, 0.15) is 17.4 Å². The number of aliphatic hydroxyl groups is 1. The largest absolute Gasteiger partial charge is 0.507 e. The molecule has 0 aliphatic carbocycles. The predicted octanol–water partition coefficient (Wildman–Crippen LogP) is 1.66. The molecule has 0 aromatic carbocycles. The highest BCUT2D eigenvalue weighted by molar-refractivity contribution is 6.46. The number of Topliss-reactive ketones (excluding diaryl/α,β-unsaturated/α-hetero) is 1. The third kappa shape index (κ3) is 3.18. The molecular weight excluding hydrogens is 322 g/mol. The van der Waals surface area contributed by atoms with E-state index >= 15 is 0 Å². The molecule has 2 aromatic heterocycles. The first-order valence-electron chi connectivity index (χ1n) is 7.87. The summed E-state index contributed by atoms with van der Waals surface area (Å²) in [7, 11) is 3.77. The van der Waals surface area contributed by atoms with Gasteiger partial charge in [0.25, 0.3) is 11.7 Å². The number of hydrogen-bond donors (Lipinski definition) is 1. The third-order valence-corrected chi connectivity index (χ3v) is 4.09. The summed E-state index contributed by atoms with van der Waals surface area (Å²) in [6, 6.07) is 5.80. The average Bonchev–Trinajstić information content (AvgIpc) is 3.21. The molecule has 0 bridgehead atoms. The molecule has 1 saturated heterocycles. The fraction of sp³-hybridized carbons (Fsp3) is 0.278. The van der Waals surface area contributed by atoms with E-state index in [0.29, 0.717) is 24.4 Å². The van der Waals surface area contributed by atoms with Crippen molar-refractivity contribution in [2.45, 2.75) is 6.04 Å². The van der Waals surface area contributed by atoms with E-state index in [1.807, 2.05) is 19.0 Å². The summed E-state index contributed by atoms with van der Waals surface area (Å²) in [5.74, 6) is -1.14. The number of carbonyl (C=O) groups excluding carboxylic acids is 2. The Labute approximate surface area is 145 Å². The normalized spacial score (nSPS) is 19.8. The van der Waals surface area contributed by atoms with Crippen LogP contribution in [-0.2, 0) is 9.59 Å². The van der Waals surface area contributed by atoms with Crippen molar-refractivity contribution < 1.29 is 19.1 Å². The van der Waals surface area contributed by atoms with Gasteiger partial charge in [-0.3, -0.25) is 14.6 Å². The molecule has 0 saturated carbocycles. The van der Waals surface area contributed by atoms with Gasteiger partial charge < -0.3 is 19.3 Å². The zero-order chi connectivity index (χ0) is 18.0. The van der Waals surface area contributed by atoms with Crippen LogP contribution >= 0.6 is 0 Å². The number of pyridine rings is 1. The van der Waals surface area contributed by atoms with E-state index in [1.165, 1.54) is 23.6 Å². The summed E-state index contributed by atoms with van der Waals surface area (Å²) in [6.45, 7) is 0.926. The van der Waals surface area contributed by atoms with Crippen LogP contribution in [0.2, 0.25) is 0 Å². The highest BCUT2D eigenvalue weighted by Crippen LogP contribution is 2.39. The zero-order valence-corrected chi connectivity index (χ0v) is 14.0. The van der Waals surface area contributed by atoms with Crippen molar-refractivity contribution in [3.63, 3.8) is 0 Å². The van der Waals surface area contributed by atoms with Gasteiger partial charge in [-0.05, 0) is 38.4 Å². The number of ketones is 1. The van der Waals surface area contributed by atoms with Crippen LogP contribution < -0.4 is 0 Å². The SMILES string of the molecule is CN(C)CCN1C(=O)C(=O)/C(=C(\O)c2ccncc2)C1c1ccco1. The van der Waals surface area contributed by atoms with Gasteiger partial charge in [-0.25, -0.2) is 0 Å². The molecule has 1 N–H and O–H groups in total. The fourth-order valence-electron chi connectivity index (χ4n) is 2.83. The maximum absolute atomic E-state index is 12.6. The number of likely N-dealkylation sites (tertiary alicyclic amines) is 1. The summed E-state index contributed by atoms with van der Waals surface area (Å²) in [5.41, 5.74) is 0.460. The summed E-state index contributed by atoms with van der Waals surface area (Å²) >= 11 is 0. The van der Waals surface area contributed by atoms with Crippen LogP contribution in [0.3, 0.4) is 0 Å². The van der Waals surface area contributed by atoms with Crippen molar-refractivity contribution >= 4 is 17.4 Å². The van der Waals surface area contributed by atoms with Gasteiger partial charge in [0.15, 0.2) is 0 Å². The number of furan rings is 1. The van der Waals surface area contributed by atoms with Crippen molar-refractivity contribution in [1.82, 2.24) is 14.8 Å². The monoisotopic (exact) mass is 341 g/mol. The topological polar surface area (TPSA) is 86.9 Å². The summed E-state index contributed by atoms with van der Waals surface area (Å²) in [4.78, 5) is 32.4. The molecule has 3 heterocycles. The standard InChI is InChI=1S/C18H19N3O4/c1-20(2)9-10-21-15(13-4-3-11-25-13)14(17(23)18(21)24)16(22)12-5-7-19-8-6-12/h3-8,11,15,22H,9-10H2,1-2H3/b16-14-. The molecule has 1 aliphatic heterocycles. The highest BCUT2D eigenvalue weighted by Gasteiger charge is 2.47. The van der Waals surface area contributed by atoms with Crippen LogP contribution in [0.5, 0.6) is 0 Å². The van der Waals surface area contributed by atoms with E-state index in [2.05, 4.69) is 4.98 Å². The smallest absolute Gasteiger partial charge is 0.295 e. The van der Waals surface area contributed by atoms with Crippen LogP contribution in [0.25, 0.3) is 5.76 Å². The number of nitrogens with zero attached hydrogens (tertiary/aromatic N) is 3. The number of aliphatic hydroxyl groups excluding tert-OH is 1. The summed E-state index contributed by atoms with van der Waals surface area (Å²) in [6.07, 6.45) is 4.51. The minimum atomic E-state index is -0.747. The molecule has 1 fully saturated rings. The van der Waals surface area contributed by atoms with Crippen molar-refractivity contribution in [1.29, 1.82) is 0 Å². The van der Waals surface area contributed by atoms with Gasteiger partial charge in [0.05, 0.1) is 11.8 Å². The van der Waals surface area contributed by atoms with Gasteiger partial charge in [0, 0.05) is 31.0 Å². The predicted molar refractivity (Wildman–Crippen MR) is 90.5 cm³/mol. The Morgan fingerprint density at radius 1 is 1.28 bits per heavy atom. The van der Waals surface area contributed by atoms with Gasteiger partial charge in [-0.1, -0.05) is 0 Å². The lowest BCUT2D eigenvalue weighted by molar-refractivity contribution is -0.140. The second kappa shape index (κ2) is 6.90. The van der Waals surface area contributed by atoms with Crippen molar-refractivity contribution in [2.75, 3.05) is 27.2 Å². The lowest BCUT2D eigenvalue weighted by Gasteiger charge is -2.24. The Kier molecular flexibility index (Phi) is 4.67. The second-order valence-corrected chi connectivity index (χ2v) is 6.05. The molecule has 1 aliphatic rings. The second-order valence-electron chi connectivity index (χ2n) is 6.05. The number of aromatic nitrogens is 1. The lowest BCUT2D eigenvalue weighted by Crippen LogP contribution is -2.35. The zero-order valence-electron chi connectivity index (χ0n) is 14.0. The van der Waals surface area contributed by atoms with E-state index in [9.17, 15) is 14.7 Å². The van der Waals surface area contributed by atoms with Crippen molar-refractivity contribution in [3.8, 4) is 0 Å². The Balaban J connectivity index is 2.09.